The second-order valence-corrected chi connectivity index (χ2v) is 12.2. The van der Waals surface area contributed by atoms with Crippen LogP contribution < -0.4 is 0 Å². The lowest BCUT2D eigenvalue weighted by atomic mass is 9.98. The van der Waals surface area contributed by atoms with Crippen molar-refractivity contribution in [1.82, 2.24) is 24.9 Å². The molecule has 5 aromatic carbocycles. The summed E-state index contributed by atoms with van der Waals surface area (Å²) in [6.45, 7) is 2.04. The Kier molecular flexibility index (Phi) is 6.95. The largest absolute Gasteiger partial charge is 0.256 e. The van der Waals surface area contributed by atoms with Crippen molar-refractivity contribution >= 4 is 32.7 Å². The molecule has 0 N–H and O–H groups in total. The van der Waals surface area contributed by atoms with E-state index in [9.17, 15) is 0 Å². The van der Waals surface area contributed by atoms with Gasteiger partial charge in [0.15, 0.2) is 5.82 Å². The molecule has 9 aromatic rings. The molecule has 9 rings (SSSR count). The third kappa shape index (κ3) is 5.28. The zero-order valence-electron chi connectivity index (χ0n) is 26.7. The van der Waals surface area contributed by atoms with Crippen LogP contribution >= 0.6 is 0 Å². The first-order chi connectivity index (χ1) is 24.2. The molecular weight excluding hydrogens is 599 g/mol. The van der Waals surface area contributed by atoms with Gasteiger partial charge in [-0.25, -0.2) is 15.0 Å². The molecule has 5 heteroatoms. The van der Waals surface area contributed by atoms with Gasteiger partial charge in [0.25, 0.3) is 0 Å². The van der Waals surface area contributed by atoms with Gasteiger partial charge in [-0.05, 0) is 53.9 Å². The number of para-hydroxylation sites is 1. The Morgan fingerprint density at radius 3 is 1.90 bits per heavy atom. The fourth-order valence-corrected chi connectivity index (χ4v) is 6.63. The number of nitrogens with zero attached hydrogens (tertiary/aromatic N) is 5. The number of aromatic nitrogens is 5. The van der Waals surface area contributed by atoms with Crippen molar-refractivity contribution in [3.05, 3.63) is 164 Å². The average molecular weight is 628 g/mol. The molecule has 49 heavy (non-hydrogen) atoms. The highest BCUT2D eigenvalue weighted by molar-refractivity contribution is 6.08. The standard InChI is InChI=1S/C44H29N5/c1-28-25-37(29-11-4-2-5-12-29)36-22-20-32-21-23-38(47-42(32)43(36)46-28)44-48-39(30-13-6-3-7-14-30)27-40(49-44)34-17-8-16-33(26-34)35-19-9-15-31-18-10-24-45-41(31)35/h2-27H,1H3. The highest BCUT2D eigenvalue weighted by Crippen LogP contribution is 2.35. The zero-order valence-corrected chi connectivity index (χ0v) is 26.7. The highest BCUT2D eigenvalue weighted by atomic mass is 14.9. The first-order valence-electron chi connectivity index (χ1n) is 16.3. The SMILES string of the molecule is Cc1cc(-c2ccccc2)c2ccc3ccc(-c4nc(-c5ccccc5)cc(-c5cccc(-c6cccc7cccnc67)c5)n4)nc3c2n1. The predicted molar refractivity (Wildman–Crippen MR) is 200 cm³/mol. The molecule has 0 saturated carbocycles. The van der Waals surface area contributed by atoms with Crippen LogP contribution in [0.15, 0.2) is 158 Å². The number of rotatable bonds is 5. The van der Waals surface area contributed by atoms with E-state index in [2.05, 4.69) is 115 Å². The summed E-state index contributed by atoms with van der Waals surface area (Å²) in [5.74, 6) is 0.559. The summed E-state index contributed by atoms with van der Waals surface area (Å²) < 4.78 is 0. The number of hydrogen-bond acceptors (Lipinski definition) is 5. The summed E-state index contributed by atoms with van der Waals surface area (Å²) in [4.78, 5) is 25.2. The Balaban J connectivity index is 1.23. The smallest absolute Gasteiger partial charge is 0.179 e. The fourth-order valence-electron chi connectivity index (χ4n) is 6.63. The van der Waals surface area contributed by atoms with Gasteiger partial charge in [0, 0.05) is 44.7 Å². The molecule has 4 aromatic heterocycles. The number of hydrogen-bond donors (Lipinski definition) is 0. The molecule has 0 saturated heterocycles. The van der Waals surface area contributed by atoms with Gasteiger partial charge < -0.3 is 0 Å². The van der Waals surface area contributed by atoms with Crippen LogP contribution in [0, 0.1) is 6.92 Å². The lowest BCUT2D eigenvalue weighted by Gasteiger charge is -2.12. The van der Waals surface area contributed by atoms with Gasteiger partial charge in [-0.3, -0.25) is 9.97 Å². The summed E-state index contributed by atoms with van der Waals surface area (Å²) in [6, 6.07) is 52.1. The van der Waals surface area contributed by atoms with E-state index >= 15 is 0 Å². The van der Waals surface area contributed by atoms with E-state index in [-0.39, 0.29) is 0 Å². The first kappa shape index (κ1) is 28.6. The summed E-state index contributed by atoms with van der Waals surface area (Å²) in [5, 5.41) is 3.19. The third-order valence-electron chi connectivity index (χ3n) is 8.98. The van der Waals surface area contributed by atoms with Gasteiger partial charge in [-0.15, -0.1) is 0 Å². The summed E-state index contributed by atoms with van der Waals surface area (Å²) in [7, 11) is 0. The van der Waals surface area contributed by atoms with Gasteiger partial charge in [0.2, 0.25) is 0 Å². The van der Waals surface area contributed by atoms with Crippen LogP contribution in [0.5, 0.6) is 0 Å². The molecule has 5 nitrogen and oxygen atoms in total. The van der Waals surface area contributed by atoms with Gasteiger partial charge in [-0.1, -0.05) is 121 Å². The topological polar surface area (TPSA) is 64.5 Å². The third-order valence-corrected chi connectivity index (χ3v) is 8.98. The number of benzene rings is 5. The van der Waals surface area contributed by atoms with Crippen molar-refractivity contribution in [2.24, 2.45) is 0 Å². The molecule has 0 unspecified atom stereocenters. The summed E-state index contributed by atoms with van der Waals surface area (Å²) in [6.07, 6.45) is 1.84. The van der Waals surface area contributed by atoms with E-state index in [1.807, 2.05) is 49.5 Å². The highest BCUT2D eigenvalue weighted by Gasteiger charge is 2.16. The van der Waals surface area contributed by atoms with Crippen molar-refractivity contribution in [2.45, 2.75) is 6.92 Å². The van der Waals surface area contributed by atoms with E-state index in [4.69, 9.17) is 24.9 Å². The minimum Gasteiger partial charge on any atom is -0.256 e. The molecule has 230 valence electrons. The number of aryl methyl sites for hydroxylation is 1. The fraction of sp³-hybridized carbons (Fsp3) is 0.0227. The van der Waals surface area contributed by atoms with Crippen LogP contribution in [-0.2, 0) is 0 Å². The molecule has 0 aliphatic carbocycles. The molecule has 0 amide bonds. The Morgan fingerprint density at radius 2 is 1.06 bits per heavy atom. The van der Waals surface area contributed by atoms with Crippen LogP contribution in [0.3, 0.4) is 0 Å². The molecular formula is C44H29N5. The van der Waals surface area contributed by atoms with Crippen LogP contribution in [-0.4, -0.2) is 24.9 Å². The quantitative estimate of drug-likeness (QED) is 0.178. The molecule has 0 bridgehead atoms. The molecule has 0 aliphatic rings. The monoisotopic (exact) mass is 627 g/mol. The minimum atomic E-state index is 0.559. The Hall–Kier alpha value is -6.59. The number of fused-ring (bicyclic) bond motifs is 4. The average Bonchev–Trinajstić information content (AvgIpc) is 3.17. The van der Waals surface area contributed by atoms with E-state index < -0.39 is 0 Å². The minimum absolute atomic E-state index is 0.559. The summed E-state index contributed by atoms with van der Waals surface area (Å²) in [5.41, 5.74) is 12.4. The van der Waals surface area contributed by atoms with Gasteiger partial charge in [0.1, 0.15) is 5.69 Å². The lowest BCUT2D eigenvalue weighted by molar-refractivity contribution is 1.16. The van der Waals surface area contributed by atoms with Crippen molar-refractivity contribution in [2.75, 3.05) is 0 Å². The van der Waals surface area contributed by atoms with Crippen molar-refractivity contribution in [3.63, 3.8) is 0 Å². The van der Waals surface area contributed by atoms with Crippen molar-refractivity contribution < 1.29 is 0 Å². The number of pyridine rings is 3. The Morgan fingerprint density at radius 1 is 0.388 bits per heavy atom. The lowest BCUT2D eigenvalue weighted by Crippen LogP contribution is -1.98. The molecule has 0 fully saturated rings. The maximum absolute atomic E-state index is 5.22. The second-order valence-electron chi connectivity index (χ2n) is 12.2. The van der Waals surface area contributed by atoms with Crippen LogP contribution in [0.1, 0.15) is 5.69 Å². The predicted octanol–water partition coefficient (Wildman–Crippen LogP) is 10.8. The Bertz CT molecular complexity index is 2660. The first-order valence-corrected chi connectivity index (χ1v) is 16.3. The van der Waals surface area contributed by atoms with E-state index in [1.165, 1.54) is 0 Å². The molecule has 0 spiro atoms. The maximum atomic E-state index is 5.22. The second kappa shape index (κ2) is 11.9. The molecule has 0 aliphatic heterocycles. The maximum Gasteiger partial charge on any atom is 0.179 e. The van der Waals surface area contributed by atoms with Gasteiger partial charge >= 0.3 is 0 Å². The molecule has 0 radical (unpaired) electrons. The molecule has 4 heterocycles. The molecule has 0 atom stereocenters. The van der Waals surface area contributed by atoms with Crippen LogP contribution in [0.25, 0.3) is 89.0 Å². The van der Waals surface area contributed by atoms with Crippen molar-refractivity contribution in [1.29, 1.82) is 0 Å². The van der Waals surface area contributed by atoms with E-state index in [1.54, 1.807) is 0 Å². The van der Waals surface area contributed by atoms with Crippen molar-refractivity contribution in [3.8, 4) is 56.3 Å². The van der Waals surface area contributed by atoms with Gasteiger partial charge in [0.05, 0.1) is 27.9 Å². The Labute approximate surface area is 283 Å². The van der Waals surface area contributed by atoms with E-state index in [0.717, 1.165) is 83.2 Å². The van der Waals surface area contributed by atoms with Gasteiger partial charge in [-0.2, -0.15) is 0 Å². The van der Waals surface area contributed by atoms with E-state index in [0.29, 0.717) is 11.5 Å². The normalized spacial score (nSPS) is 11.4. The van der Waals surface area contributed by atoms with Crippen LogP contribution in [0.4, 0.5) is 0 Å². The van der Waals surface area contributed by atoms with Crippen LogP contribution in [0.2, 0.25) is 0 Å². The zero-order chi connectivity index (χ0) is 32.7. The summed E-state index contributed by atoms with van der Waals surface area (Å²) >= 11 is 0.